The molecule has 0 saturated carbocycles. The van der Waals surface area contributed by atoms with Crippen molar-refractivity contribution in [2.45, 2.75) is 12.5 Å². The number of carboxylic acid groups (broad SMARTS) is 1. The smallest absolute Gasteiger partial charge is 0.320 e. The number of nitrogens with two attached hydrogens (primary N) is 1. The molecule has 0 aliphatic carbocycles. The third-order valence-electron chi connectivity index (χ3n) is 2.11. The molecule has 1 rings (SSSR count). The van der Waals surface area contributed by atoms with Crippen LogP contribution in [0.25, 0.3) is 6.08 Å². The summed E-state index contributed by atoms with van der Waals surface area (Å²) in [6, 6.07) is 6.64. The number of carbonyl (C=O) groups is 1. The van der Waals surface area contributed by atoms with Gasteiger partial charge in [0.15, 0.2) is 0 Å². The Morgan fingerprint density at radius 2 is 2.38 bits per heavy atom. The summed E-state index contributed by atoms with van der Waals surface area (Å²) in [6.45, 7) is 0. The van der Waals surface area contributed by atoms with Crippen LogP contribution in [0.2, 0.25) is 0 Å². The summed E-state index contributed by atoms with van der Waals surface area (Å²) >= 11 is 0. The van der Waals surface area contributed by atoms with Crippen LogP contribution in [-0.2, 0) is 4.79 Å². The molecule has 0 unspecified atom stereocenters. The van der Waals surface area contributed by atoms with Crippen molar-refractivity contribution in [3.63, 3.8) is 0 Å². The normalized spacial score (nSPS) is 12.6. The molecule has 0 fully saturated rings. The first-order valence-electron chi connectivity index (χ1n) is 4.92. The van der Waals surface area contributed by atoms with Crippen molar-refractivity contribution in [3.8, 4) is 5.75 Å². The molecule has 16 heavy (non-hydrogen) atoms. The lowest BCUT2D eigenvalue weighted by molar-refractivity contribution is -0.138. The summed E-state index contributed by atoms with van der Waals surface area (Å²) in [7, 11) is 1.60. The van der Waals surface area contributed by atoms with Crippen LogP contribution in [0.3, 0.4) is 0 Å². The fourth-order valence-corrected chi connectivity index (χ4v) is 1.20. The van der Waals surface area contributed by atoms with E-state index in [4.69, 9.17) is 15.6 Å². The number of aliphatic carboxylic acids is 1. The molecule has 0 aliphatic heterocycles. The van der Waals surface area contributed by atoms with E-state index >= 15 is 0 Å². The summed E-state index contributed by atoms with van der Waals surface area (Å²) in [5.74, 6) is -0.222. The Balaban J connectivity index is 2.59. The summed E-state index contributed by atoms with van der Waals surface area (Å²) < 4.78 is 5.07. The number of methoxy groups -OCH3 is 1. The first-order valence-corrected chi connectivity index (χ1v) is 4.92. The van der Waals surface area contributed by atoms with Crippen LogP contribution in [-0.4, -0.2) is 24.2 Å². The van der Waals surface area contributed by atoms with E-state index in [2.05, 4.69) is 0 Å². The predicted molar refractivity (Wildman–Crippen MR) is 62.3 cm³/mol. The molecule has 0 spiro atoms. The van der Waals surface area contributed by atoms with Crippen molar-refractivity contribution in [2.24, 2.45) is 5.73 Å². The Bertz CT molecular complexity index is 388. The fraction of sp³-hybridized carbons (Fsp3) is 0.250. The molecular formula is C12H15NO3. The first-order chi connectivity index (χ1) is 7.63. The van der Waals surface area contributed by atoms with Crippen molar-refractivity contribution < 1.29 is 14.6 Å². The van der Waals surface area contributed by atoms with Gasteiger partial charge < -0.3 is 15.6 Å². The van der Waals surface area contributed by atoms with Crippen molar-refractivity contribution in [3.05, 3.63) is 35.9 Å². The zero-order valence-electron chi connectivity index (χ0n) is 9.09. The Kier molecular flexibility index (Phi) is 4.54. The topological polar surface area (TPSA) is 72.5 Å². The SMILES string of the molecule is COc1cccc(/C=C/C[C@H](N)C(=O)O)c1. The van der Waals surface area contributed by atoms with Gasteiger partial charge in [0.2, 0.25) is 0 Å². The second-order valence-electron chi connectivity index (χ2n) is 3.36. The van der Waals surface area contributed by atoms with Gasteiger partial charge in [0, 0.05) is 0 Å². The lowest BCUT2D eigenvalue weighted by Crippen LogP contribution is -2.29. The lowest BCUT2D eigenvalue weighted by Gasteiger charge is -2.02. The standard InChI is InChI=1S/C12H15NO3/c1-16-10-6-2-4-9(8-10)5-3-7-11(13)12(14)15/h2-6,8,11H,7,13H2,1H3,(H,14,15)/b5-3+/t11-/m0/s1. The maximum Gasteiger partial charge on any atom is 0.320 e. The van der Waals surface area contributed by atoms with Gasteiger partial charge in [-0.3, -0.25) is 4.79 Å². The zero-order chi connectivity index (χ0) is 12.0. The number of benzene rings is 1. The van der Waals surface area contributed by atoms with Crippen LogP contribution in [0.4, 0.5) is 0 Å². The number of hydrogen-bond acceptors (Lipinski definition) is 3. The van der Waals surface area contributed by atoms with Gasteiger partial charge in [0.25, 0.3) is 0 Å². The zero-order valence-corrected chi connectivity index (χ0v) is 9.09. The molecule has 4 nitrogen and oxygen atoms in total. The second-order valence-corrected chi connectivity index (χ2v) is 3.36. The van der Waals surface area contributed by atoms with Gasteiger partial charge in [0.05, 0.1) is 7.11 Å². The van der Waals surface area contributed by atoms with Crippen molar-refractivity contribution in [1.82, 2.24) is 0 Å². The van der Waals surface area contributed by atoms with E-state index in [1.165, 1.54) is 0 Å². The van der Waals surface area contributed by atoms with E-state index in [0.717, 1.165) is 11.3 Å². The molecule has 0 heterocycles. The fourth-order valence-electron chi connectivity index (χ4n) is 1.20. The molecular weight excluding hydrogens is 206 g/mol. The molecule has 86 valence electrons. The van der Waals surface area contributed by atoms with E-state index in [1.807, 2.05) is 30.3 Å². The van der Waals surface area contributed by atoms with Crippen molar-refractivity contribution >= 4 is 12.0 Å². The summed E-state index contributed by atoms with van der Waals surface area (Å²) in [6.07, 6.45) is 3.88. The van der Waals surface area contributed by atoms with Gasteiger partial charge in [-0.05, 0) is 24.1 Å². The first kappa shape index (κ1) is 12.3. The molecule has 4 heteroatoms. The average molecular weight is 221 g/mol. The third-order valence-corrected chi connectivity index (χ3v) is 2.11. The highest BCUT2D eigenvalue weighted by atomic mass is 16.5. The Morgan fingerprint density at radius 1 is 1.62 bits per heavy atom. The molecule has 0 aliphatic rings. The van der Waals surface area contributed by atoms with Gasteiger partial charge in [-0.15, -0.1) is 0 Å². The van der Waals surface area contributed by atoms with E-state index in [-0.39, 0.29) is 0 Å². The number of rotatable bonds is 5. The van der Waals surface area contributed by atoms with Crippen LogP contribution in [0.5, 0.6) is 5.75 Å². The van der Waals surface area contributed by atoms with Crippen LogP contribution in [0, 0.1) is 0 Å². The number of ether oxygens (including phenoxy) is 1. The summed E-state index contributed by atoms with van der Waals surface area (Å²) in [5, 5.41) is 8.58. The van der Waals surface area contributed by atoms with Crippen LogP contribution in [0.15, 0.2) is 30.3 Å². The molecule has 0 amide bonds. The van der Waals surface area contributed by atoms with Crippen molar-refractivity contribution in [2.75, 3.05) is 7.11 Å². The maximum atomic E-state index is 10.5. The molecule has 0 saturated heterocycles. The minimum absolute atomic E-state index is 0.312. The molecule has 0 aromatic heterocycles. The number of carboxylic acids is 1. The molecule has 1 atom stereocenters. The van der Waals surface area contributed by atoms with Crippen molar-refractivity contribution in [1.29, 1.82) is 0 Å². The van der Waals surface area contributed by atoms with Gasteiger partial charge in [-0.1, -0.05) is 24.3 Å². The van der Waals surface area contributed by atoms with E-state index in [0.29, 0.717) is 6.42 Å². The lowest BCUT2D eigenvalue weighted by atomic mass is 10.1. The highest BCUT2D eigenvalue weighted by Gasteiger charge is 2.07. The minimum Gasteiger partial charge on any atom is -0.497 e. The highest BCUT2D eigenvalue weighted by molar-refractivity contribution is 5.73. The molecule has 1 aromatic carbocycles. The van der Waals surface area contributed by atoms with E-state index in [1.54, 1.807) is 13.2 Å². The Morgan fingerprint density at radius 3 is 3.00 bits per heavy atom. The van der Waals surface area contributed by atoms with Crippen LogP contribution in [0.1, 0.15) is 12.0 Å². The van der Waals surface area contributed by atoms with E-state index < -0.39 is 12.0 Å². The van der Waals surface area contributed by atoms with Crippen LogP contribution < -0.4 is 10.5 Å². The predicted octanol–water partition coefficient (Wildman–Crippen LogP) is 1.51. The average Bonchev–Trinajstić information content (AvgIpc) is 2.29. The van der Waals surface area contributed by atoms with Gasteiger partial charge in [0.1, 0.15) is 11.8 Å². The molecule has 3 N–H and O–H groups in total. The second kappa shape index (κ2) is 5.92. The summed E-state index contributed by atoms with van der Waals surface area (Å²) in [5.41, 5.74) is 6.32. The molecule has 0 bridgehead atoms. The minimum atomic E-state index is -0.990. The maximum absolute atomic E-state index is 10.5. The monoisotopic (exact) mass is 221 g/mol. The van der Waals surface area contributed by atoms with Gasteiger partial charge in [-0.2, -0.15) is 0 Å². The Labute approximate surface area is 94.3 Å². The molecule has 0 radical (unpaired) electrons. The van der Waals surface area contributed by atoms with Gasteiger partial charge in [-0.25, -0.2) is 0 Å². The van der Waals surface area contributed by atoms with E-state index in [9.17, 15) is 4.79 Å². The van der Waals surface area contributed by atoms with Gasteiger partial charge >= 0.3 is 5.97 Å². The number of hydrogen-bond donors (Lipinski definition) is 2. The molecule has 1 aromatic rings. The quantitative estimate of drug-likeness (QED) is 0.790. The Hall–Kier alpha value is -1.81. The largest absolute Gasteiger partial charge is 0.497 e. The third kappa shape index (κ3) is 3.74. The highest BCUT2D eigenvalue weighted by Crippen LogP contribution is 2.13. The summed E-state index contributed by atoms with van der Waals surface area (Å²) in [4.78, 5) is 10.5. The van der Waals surface area contributed by atoms with Crippen LogP contribution >= 0.6 is 0 Å².